The van der Waals surface area contributed by atoms with Crippen molar-refractivity contribution in [2.75, 3.05) is 7.05 Å². The first kappa shape index (κ1) is 15.6. The SMILES string of the molecule is CN(Cc1cccc(Cl)c1Cl)C(=O)c1ncoc1-c1ccco1. The first-order valence-corrected chi connectivity index (χ1v) is 7.49. The fourth-order valence-corrected chi connectivity index (χ4v) is 2.54. The summed E-state index contributed by atoms with van der Waals surface area (Å²) in [6.07, 6.45) is 2.72. The second-order valence-electron chi connectivity index (χ2n) is 4.88. The van der Waals surface area contributed by atoms with Crippen LogP contribution in [0.15, 0.2) is 51.8 Å². The lowest BCUT2D eigenvalue weighted by Crippen LogP contribution is -2.27. The van der Waals surface area contributed by atoms with Crippen LogP contribution in [0.4, 0.5) is 0 Å². The highest BCUT2D eigenvalue weighted by atomic mass is 35.5. The number of carbonyl (C=O) groups is 1. The number of aromatic nitrogens is 1. The Morgan fingerprint density at radius 1 is 1.22 bits per heavy atom. The molecule has 3 rings (SSSR count). The summed E-state index contributed by atoms with van der Waals surface area (Å²) in [4.78, 5) is 18.1. The number of carbonyl (C=O) groups excluding carboxylic acids is 1. The zero-order valence-electron chi connectivity index (χ0n) is 12.1. The molecule has 0 aliphatic heterocycles. The highest BCUT2D eigenvalue weighted by Gasteiger charge is 2.23. The first-order valence-electron chi connectivity index (χ1n) is 6.73. The lowest BCUT2D eigenvalue weighted by molar-refractivity contribution is 0.0780. The zero-order valence-corrected chi connectivity index (χ0v) is 13.6. The number of benzene rings is 1. The third kappa shape index (κ3) is 3.11. The van der Waals surface area contributed by atoms with Crippen molar-refractivity contribution >= 4 is 29.1 Å². The van der Waals surface area contributed by atoms with Crippen LogP contribution in [0.1, 0.15) is 16.1 Å². The average molecular weight is 351 g/mol. The van der Waals surface area contributed by atoms with Gasteiger partial charge in [0.2, 0.25) is 5.76 Å². The molecule has 0 radical (unpaired) electrons. The summed E-state index contributed by atoms with van der Waals surface area (Å²) in [5.74, 6) is 0.435. The van der Waals surface area contributed by atoms with Crippen LogP contribution in [0.25, 0.3) is 11.5 Å². The summed E-state index contributed by atoms with van der Waals surface area (Å²) in [5.41, 5.74) is 0.929. The van der Waals surface area contributed by atoms with Gasteiger partial charge in [-0.2, -0.15) is 0 Å². The maximum absolute atomic E-state index is 12.6. The Balaban J connectivity index is 1.84. The Labute approximate surface area is 142 Å². The maximum atomic E-state index is 12.6. The van der Waals surface area contributed by atoms with Gasteiger partial charge in [-0.25, -0.2) is 4.98 Å². The topological polar surface area (TPSA) is 59.5 Å². The summed E-state index contributed by atoms with van der Waals surface area (Å²) in [7, 11) is 1.65. The van der Waals surface area contributed by atoms with Crippen LogP contribution in [0.5, 0.6) is 0 Å². The van der Waals surface area contributed by atoms with E-state index in [-0.39, 0.29) is 11.6 Å². The Bertz CT molecular complexity index is 828. The molecule has 0 aliphatic rings. The molecule has 2 heterocycles. The van der Waals surface area contributed by atoms with Crippen molar-refractivity contribution in [3.8, 4) is 11.5 Å². The molecule has 2 aromatic heterocycles. The van der Waals surface area contributed by atoms with Gasteiger partial charge in [-0.05, 0) is 23.8 Å². The van der Waals surface area contributed by atoms with Gasteiger partial charge in [0.1, 0.15) is 0 Å². The van der Waals surface area contributed by atoms with Gasteiger partial charge >= 0.3 is 0 Å². The molecule has 0 fully saturated rings. The number of nitrogens with zero attached hydrogens (tertiary/aromatic N) is 2. The van der Waals surface area contributed by atoms with Crippen molar-refractivity contribution in [1.82, 2.24) is 9.88 Å². The number of hydrogen-bond acceptors (Lipinski definition) is 4. The molecule has 0 aliphatic carbocycles. The average Bonchev–Trinajstić information content (AvgIpc) is 3.21. The predicted octanol–water partition coefficient (Wildman–Crippen LogP) is 4.51. The van der Waals surface area contributed by atoms with Gasteiger partial charge in [-0.15, -0.1) is 0 Å². The fourth-order valence-electron chi connectivity index (χ4n) is 2.16. The lowest BCUT2D eigenvalue weighted by Gasteiger charge is -2.17. The van der Waals surface area contributed by atoms with Gasteiger partial charge in [0, 0.05) is 13.6 Å². The molecule has 1 amide bonds. The van der Waals surface area contributed by atoms with Gasteiger partial charge in [-0.3, -0.25) is 4.79 Å². The summed E-state index contributed by atoms with van der Waals surface area (Å²) in [5, 5.41) is 0.878. The number of oxazole rings is 1. The molecule has 0 spiro atoms. The molecule has 23 heavy (non-hydrogen) atoms. The molecule has 0 saturated heterocycles. The van der Waals surface area contributed by atoms with E-state index >= 15 is 0 Å². The molecule has 0 unspecified atom stereocenters. The van der Waals surface area contributed by atoms with E-state index in [0.29, 0.717) is 28.1 Å². The molecular formula is C16H12Cl2N2O3. The normalized spacial score (nSPS) is 10.7. The van der Waals surface area contributed by atoms with E-state index in [1.165, 1.54) is 17.6 Å². The molecule has 5 nitrogen and oxygen atoms in total. The van der Waals surface area contributed by atoms with E-state index in [1.807, 2.05) is 6.07 Å². The summed E-state index contributed by atoms with van der Waals surface area (Å²) < 4.78 is 10.5. The van der Waals surface area contributed by atoms with Crippen LogP contribution in [-0.4, -0.2) is 22.8 Å². The number of halogens is 2. The van der Waals surface area contributed by atoms with Gasteiger partial charge in [0.15, 0.2) is 17.8 Å². The number of hydrogen-bond donors (Lipinski definition) is 0. The third-order valence-corrected chi connectivity index (χ3v) is 4.16. The second kappa shape index (κ2) is 6.48. The minimum atomic E-state index is -0.304. The van der Waals surface area contributed by atoms with Crippen molar-refractivity contribution in [1.29, 1.82) is 0 Å². The fraction of sp³-hybridized carbons (Fsp3) is 0.125. The number of rotatable bonds is 4. The van der Waals surface area contributed by atoms with Crippen LogP contribution in [0.3, 0.4) is 0 Å². The van der Waals surface area contributed by atoms with E-state index < -0.39 is 0 Å². The zero-order chi connectivity index (χ0) is 16.4. The molecule has 7 heteroatoms. The van der Waals surface area contributed by atoms with Gasteiger partial charge < -0.3 is 13.7 Å². The molecule has 3 aromatic rings. The highest BCUT2D eigenvalue weighted by Crippen LogP contribution is 2.28. The first-order chi connectivity index (χ1) is 11.1. The Kier molecular flexibility index (Phi) is 4.41. The standard InChI is InChI=1S/C16H12Cl2N2O3/c1-20(8-10-4-2-5-11(17)13(10)18)16(21)14-15(23-9-19-14)12-6-3-7-22-12/h2-7,9H,8H2,1H3. The minimum Gasteiger partial charge on any atom is -0.461 e. The molecule has 0 atom stereocenters. The molecule has 0 saturated carbocycles. The quantitative estimate of drug-likeness (QED) is 0.694. The van der Waals surface area contributed by atoms with Crippen LogP contribution in [-0.2, 0) is 6.54 Å². The Morgan fingerprint density at radius 3 is 2.78 bits per heavy atom. The molecule has 0 N–H and O–H groups in total. The van der Waals surface area contributed by atoms with E-state index in [2.05, 4.69) is 4.98 Å². The smallest absolute Gasteiger partial charge is 0.276 e. The molecular weight excluding hydrogens is 339 g/mol. The third-order valence-electron chi connectivity index (χ3n) is 3.30. The number of amides is 1. The van der Waals surface area contributed by atoms with Crippen LogP contribution >= 0.6 is 23.2 Å². The van der Waals surface area contributed by atoms with E-state index in [4.69, 9.17) is 32.0 Å². The largest absolute Gasteiger partial charge is 0.461 e. The van der Waals surface area contributed by atoms with Crippen LogP contribution < -0.4 is 0 Å². The van der Waals surface area contributed by atoms with E-state index in [9.17, 15) is 4.79 Å². The van der Waals surface area contributed by atoms with Crippen LogP contribution in [0.2, 0.25) is 10.0 Å². The van der Waals surface area contributed by atoms with E-state index in [0.717, 1.165) is 5.56 Å². The Hall–Kier alpha value is -2.24. The molecule has 0 bridgehead atoms. The minimum absolute atomic E-state index is 0.181. The highest BCUT2D eigenvalue weighted by molar-refractivity contribution is 6.42. The lowest BCUT2D eigenvalue weighted by atomic mass is 10.2. The van der Waals surface area contributed by atoms with Gasteiger partial charge in [0.25, 0.3) is 5.91 Å². The van der Waals surface area contributed by atoms with Gasteiger partial charge in [0.05, 0.1) is 16.3 Å². The molecule has 118 valence electrons. The molecule has 1 aromatic carbocycles. The summed E-state index contributed by atoms with van der Waals surface area (Å²) in [6.45, 7) is 0.294. The maximum Gasteiger partial charge on any atom is 0.276 e. The monoisotopic (exact) mass is 350 g/mol. The van der Waals surface area contributed by atoms with Crippen molar-refractivity contribution in [3.05, 3.63) is 64.3 Å². The number of furan rings is 1. The predicted molar refractivity (Wildman–Crippen MR) is 86.5 cm³/mol. The van der Waals surface area contributed by atoms with Crippen molar-refractivity contribution in [3.63, 3.8) is 0 Å². The van der Waals surface area contributed by atoms with Crippen molar-refractivity contribution in [2.45, 2.75) is 6.54 Å². The van der Waals surface area contributed by atoms with Crippen molar-refractivity contribution < 1.29 is 13.6 Å². The Morgan fingerprint density at radius 2 is 2.04 bits per heavy atom. The van der Waals surface area contributed by atoms with Gasteiger partial charge in [-0.1, -0.05) is 35.3 Å². The van der Waals surface area contributed by atoms with E-state index in [1.54, 1.807) is 31.3 Å². The summed E-state index contributed by atoms with van der Waals surface area (Å²) >= 11 is 12.2. The second-order valence-corrected chi connectivity index (χ2v) is 5.67. The summed E-state index contributed by atoms with van der Waals surface area (Å²) in [6, 6.07) is 8.70. The van der Waals surface area contributed by atoms with Crippen molar-refractivity contribution in [2.24, 2.45) is 0 Å². The van der Waals surface area contributed by atoms with Crippen LogP contribution in [0, 0.1) is 0 Å².